The van der Waals surface area contributed by atoms with Crippen LogP contribution in [0.4, 0.5) is 10.7 Å². The SMILES string of the molecule is CCOC(=O)c1c(-c2cccc([N+](=O)[O-])c2)csc1NC(=O)C=C(C)C. The lowest BCUT2D eigenvalue weighted by atomic mass is 10.0. The number of nitrogens with zero attached hydrogens (tertiary/aromatic N) is 1. The first-order valence-electron chi connectivity index (χ1n) is 7.82. The van der Waals surface area contributed by atoms with Gasteiger partial charge in [0, 0.05) is 29.2 Å². The summed E-state index contributed by atoms with van der Waals surface area (Å²) in [6.45, 7) is 5.42. The Morgan fingerprint density at radius 3 is 2.69 bits per heavy atom. The molecule has 2 aromatic rings. The molecule has 1 aromatic carbocycles. The third kappa shape index (κ3) is 4.54. The number of amides is 1. The van der Waals surface area contributed by atoms with Gasteiger partial charge in [-0.2, -0.15) is 0 Å². The van der Waals surface area contributed by atoms with E-state index in [1.807, 2.05) is 0 Å². The minimum atomic E-state index is -0.595. The van der Waals surface area contributed by atoms with E-state index in [0.29, 0.717) is 16.1 Å². The second-order valence-corrected chi connectivity index (χ2v) is 6.47. The van der Waals surface area contributed by atoms with E-state index < -0.39 is 10.9 Å². The predicted molar refractivity (Wildman–Crippen MR) is 100 cm³/mol. The lowest BCUT2D eigenvalue weighted by molar-refractivity contribution is -0.384. The lowest BCUT2D eigenvalue weighted by Crippen LogP contribution is -2.12. The van der Waals surface area contributed by atoms with Crippen LogP contribution in [-0.2, 0) is 9.53 Å². The van der Waals surface area contributed by atoms with Crippen LogP contribution in [0.5, 0.6) is 0 Å². The number of anilines is 1. The molecule has 1 heterocycles. The molecule has 0 atom stereocenters. The van der Waals surface area contributed by atoms with Gasteiger partial charge in [0.25, 0.3) is 5.69 Å². The third-order valence-electron chi connectivity index (χ3n) is 3.30. The first kappa shape index (κ1) is 19.3. The van der Waals surface area contributed by atoms with Gasteiger partial charge in [-0.1, -0.05) is 17.7 Å². The normalized spacial score (nSPS) is 10.1. The fourth-order valence-electron chi connectivity index (χ4n) is 2.27. The molecule has 0 saturated carbocycles. The quantitative estimate of drug-likeness (QED) is 0.350. The first-order valence-corrected chi connectivity index (χ1v) is 8.70. The number of hydrogen-bond acceptors (Lipinski definition) is 6. The molecular weight excluding hydrogens is 356 g/mol. The molecule has 0 fully saturated rings. The molecule has 0 spiro atoms. The van der Waals surface area contributed by atoms with Crippen LogP contribution < -0.4 is 5.32 Å². The predicted octanol–water partition coefficient (Wildman–Crippen LogP) is 4.40. The molecular formula is C18H18N2O5S. The Hall–Kier alpha value is -3.00. The molecule has 1 N–H and O–H groups in total. The summed E-state index contributed by atoms with van der Waals surface area (Å²) in [5.74, 6) is -0.953. The summed E-state index contributed by atoms with van der Waals surface area (Å²) >= 11 is 1.16. The van der Waals surface area contributed by atoms with Gasteiger partial charge in [0.05, 0.1) is 11.5 Å². The minimum Gasteiger partial charge on any atom is -0.462 e. The molecule has 1 amide bonds. The van der Waals surface area contributed by atoms with Gasteiger partial charge >= 0.3 is 5.97 Å². The summed E-state index contributed by atoms with van der Waals surface area (Å²) in [6, 6.07) is 5.96. The Morgan fingerprint density at radius 2 is 2.08 bits per heavy atom. The molecule has 7 nitrogen and oxygen atoms in total. The van der Waals surface area contributed by atoms with Crippen molar-refractivity contribution in [3.63, 3.8) is 0 Å². The van der Waals surface area contributed by atoms with Crippen molar-refractivity contribution in [1.29, 1.82) is 0 Å². The largest absolute Gasteiger partial charge is 0.462 e. The summed E-state index contributed by atoms with van der Waals surface area (Å²) in [5.41, 5.74) is 1.90. The van der Waals surface area contributed by atoms with Crippen molar-refractivity contribution >= 4 is 33.9 Å². The van der Waals surface area contributed by atoms with Gasteiger partial charge in [-0.15, -0.1) is 11.3 Å². The second-order valence-electron chi connectivity index (χ2n) is 5.59. The zero-order valence-electron chi connectivity index (χ0n) is 14.6. The summed E-state index contributed by atoms with van der Waals surface area (Å²) in [7, 11) is 0. The molecule has 26 heavy (non-hydrogen) atoms. The van der Waals surface area contributed by atoms with E-state index in [4.69, 9.17) is 4.74 Å². The molecule has 0 saturated heterocycles. The summed E-state index contributed by atoms with van der Waals surface area (Å²) in [6.07, 6.45) is 1.42. The van der Waals surface area contributed by atoms with Gasteiger partial charge in [0.2, 0.25) is 5.91 Å². The van der Waals surface area contributed by atoms with E-state index in [2.05, 4.69) is 5.32 Å². The average molecular weight is 374 g/mol. The van der Waals surface area contributed by atoms with Crippen LogP contribution in [0.15, 0.2) is 41.3 Å². The van der Waals surface area contributed by atoms with Crippen molar-refractivity contribution in [3.05, 3.63) is 57.0 Å². The van der Waals surface area contributed by atoms with Gasteiger partial charge in [0.1, 0.15) is 10.6 Å². The second kappa shape index (κ2) is 8.39. The van der Waals surface area contributed by atoms with E-state index in [9.17, 15) is 19.7 Å². The van der Waals surface area contributed by atoms with Crippen molar-refractivity contribution in [2.45, 2.75) is 20.8 Å². The Morgan fingerprint density at radius 1 is 1.35 bits per heavy atom. The monoisotopic (exact) mass is 374 g/mol. The number of hydrogen-bond donors (Lipinski definition) is 1. The number of carbonyl (C=O) groups is 2. The van der Waals surface area contributed by atoms with E-state index in [1.54, 1.807) is 38.3 Å². The van der Waals surface area contributed by atoms with Crippen molar-refractivity contribution in [2.24, 2.45) is 0 Å². The van der Waals surface area contributed by atoms with Crippen LogP contribution in [0.25, 0.3) is 11.1 Å². The summed E-state index contributed by atoms with van der Waals surface area (Å²) in [5, 5.41) is 15.7. The molecule has 0 unspecified atom stereocenters. The van der Waals surface area contributed by atoms with Crippen LogP contribution in [0.3, 0.4) is 0 Å². The molecule has 0 aliphatic rings. The van der Waals surface area contributed by atoms with Gasteiger partial charge in [-0.3, -0.25) is 14.9 Å². The maximum Gasteiger partial charge on any atom is 0.341 e. The number of carbonyl (C=O) groups excluding carboxylic acids is 2. The number of thiophene rings is 1. The Kier molecular flexibility index (Phi) is 6.24. The average Bonchev–Trinajstić information content (AvgIpc) is 2.97. The zero-order valence-corrected chi connectivity index (χ0v) is 15.4. The van der Waals surface area contributed by atoms with Crippen molar-refractivity contribution in [1.82, 2.24) is 0 Å². The first-order chi connectivity index (χ1) is 12.3. The molecule has 0 bridgehead atoms. The Balaban J connectivity index is 2.51. The Bertz CT molecular complexity index is 881. The fourth-order valence-corrected chi connectivity index (χ4v) is 3.23. The van der Waals surface area contributed by atoms with Crippen LogP contribution in [-0.4, -0.2) is 23.4 Å². The number of non-ortho nitro benzene ring substituents is 1. The van der Waals surface area contributed by atoms with Gasteiger partial charge < -0.3 is 10.1 Å². The zero-order chi connectivity index (χ0) is 19.3. The van der Waals surface area contributed by atoms with Crippen molar-refractivity contribution < 1.29 is 19.2 Å². The molecule has 136 valence electrons. The highest BCUT2D eigenvalue weighted by atomic mass is 32.1. The minimum absolute atomic E-state index is 0.0846. The van der Waals surface area contributed by atoms with Crippen LogP contribution >= 0.6 is 11.3 Å². The maximum atomic E-state index is 12.4. The highest BCUT2D eigenvalue weighted by Gasteiger charge is 2.23. The van der Waals surface area contributed by atoms with E-state index in [1.165, 1.54) is 18.2 Å². The van der Waals surface area contributed by atoms with Gasteiger partial charge in [-0.25, -0.2) is 4.79 Å². The fraction of sp³-hybridized carbons (Fsp3) is 0.222. The van der Waals surface area contributed by atoms with E-state index >= 15 is 0 Å². The third-order valence-corrected chi connectivity index (χ3v) is 4.19. The van der Waals surface area contributed by atoms with Crippen LogP contribution in [0.2, 0.25) is 0 Å². The van der Waals surface area contributed by atoms with Gasteiger partial charge in [-0.05, 0) is 26.3 Å². The van der Waals surface area contributed by atoms with Crippen LogP contribution in [0.1, 0.15) is 31.1 Å². The number of benzene rings is 1. The van der Waals surface area contributed by atoms with Gasteiger partial charge in [0.15, 0.2) is 0 Å². The highest BCUT2D eigenvalue weighted by Crippen LogP contribution is 2.37. The summed E-state index contributed by atoms with van der Waals surface area (Å²) < 4.78 is 5.10. The molecule has 2 rings (SSSR count). The molecule has 8 heteroatoms. The molecule has 0 radical (unpaired) electrons. The molecule has 0 aliphatic heterocycles. The Labute approximate surface area is 154 Å². The molecule has 1 aromatic heterocycles. The van der Waals surface area contributed by atoms with Crippen LogP contribution in [0, 0.1) is 10.1 Å². The summed E-state index contributed by atoms with van der Waals surface area (Å²) in [4.78, 5) is 35.0. The number of rotatable bonds is 6. The number of nitrogens with one attached hydrogen (secondary N) is 1. The van der Waals surface area contributed by atoms with Crippen molar-refractivity contribution in [2.75, 3.05) is 11.9 Å². The number of ether oxygens (including phenoxy) is 1. The molecule has 0 aliphatic carbocycles. The van der Waals surface area contributed by atoms with E-state index in [0.717, 1.165) is 16.9 Å². The smallest absolute Gasteiger partial charge is 0.341 e. The maximum absolute atomic E-state index is 12.4. The number of allylic oxidation sites excluding steroid dienone is 1. The topological polar surface area (TPSA) is 98.5 Å². The lowest BCUT2D eigenvalue weighted by Gasteiger charge is -2.08. The number of nitro benzene ring substituents is 1. The van der Waals surface area contributed by atoms with Crippen molar-refractivity contribution in [3.8, 4) is 11.1 Å². The highest BCUT2D eigenvalue weighted by molar-refractivity contribution is 7.15. The van der Waals surface area contributed by atoms with E-state index in [-0.39, 0.29) is 23.8 Å². The standard InChI is InChI=1S/C18H18N2O5S/c1-4-25-18(22)16-14(12-6-5-7-13(9-12)20(23)24)10-26-17(16)19-15(21)8-11(2)3/h5-10H,4H2,1-3H3,(H,19,21). The number of nitro groups is 1. The number of esters is 1.